The lowest BCUT2D eigenvalue weighted by atomic mass is 10.1. The molecule has 0 radical (unpaired) electrons. The van der Waals surface area contributed by atoms with E-state index in [1.54, 1.807) is 6.08 Å². The van der Waals surface area contributed by atoms with Gasteiger partial charge in [-0.1, -0.05) is 12.1 Å². The number of carbonyl (C=O) groups is 1. The van der Waals surface area contributed by atoms with Gasteiger partial charge in [0.05, 0.1) is 13.2 Å². The molecule has 5 nitrogen and oxygen atoms in total. The fourth-order valence-corrected chi connectivity index (χ4v) is 2.41. The van der Waals surface area contributed by atoms with Gasteiger partial charge < -0.3 is 15.0 Å². The number of nitrogens with one attached hydrogen (secondary N) is 1. The van der Waals surface area contributed by atoms with Crippen LogP contribution < -0.4 is 10.2 Å². The Morgan fingerprint density at radius 3 is 2.55 bits per heavy atom. The van der Waals surface area contributed by atoms with Crippen molar-refractivity contribution in [2.75, 3.05) is 31.2 Å². The summed E-state index contributed by atoms with van der Waals surface area (Å²) < 4.78 is 5.34. The highest BCUT2D eigenvalue weighted by molar-refractivity contribution is 6.02. The monoisotopic (exact) mass is 297 g/mol. The number of nitriles is 1. The molecule has 22 heavy (non-hydrogen) atoms. The van der Waals surface area contributed by atoms with Gasteiger partial charge in [-0.05, 0) is 36.6 Å². The SMILES string of the molecule is N#C/C(=C/c1ccc(N2CCOCC2)cc1)C(=O)NC1CC1. The van der Waals surface area contributed by atoms with E-state index >= 15 is 0 Å². The number of benzene rings is 1. The quantitative estimate of drug-likeness (QED) is 0.679. The Morgan fingerprint density at radius 2 is 1.95 bits per heavy atom. The van der Waals surface area contributed by atoms with E-state index in [1.165, 1.54) is 0 Å². The van der Waals surface area contributed by atoms with Gasteiger partial charge in [0.2, 0.25) is 0 Å². The summed E-state index contributed by atoms with van der Waals surface area (Å²) in [6.45, 7) is 3.29. The van der Waals surface area contributed by atoms with Gasteiger partial charge in [0.25, 0.3) is 5.91 Å². The number of morpholine rings is 1. The van der Waals surface area contributed by atoms with Gasteiger partial charge in [-0.25, -0.2) is 0 Å². The first-order valence-electron chi connectivity index (χ1n) is 7.62. The molecule has 1 N–H and O–H groups in total. The van der Waals surface area contributed by atoms with Crippen LogP contribution in [0, 0.1) is 11.3 Å². The first-order valence-corrected chi connectivity index (χ1v) is 7.62. The van der Waals surface area contributed by atoms with E-state index in [-0.39, 0.29) is 17.5 Å². The van der Waals surface area contributed by atoms with Gasteiger partial charge in [0.15, 0.2) is 0 Å². The third-order valence-corrected chi connectivity index (χ3v) is 3.86. The lowest BCUT2D eigenvalue weighted by molar-refractivity contribution is -0.117. The molecule has 1 amide bonds. The predicted molar refractivity (Wildman–Crippen MR) is 84.2 cm³/mol. The Labute approximate surface area is 130 Å². The van der Waals surface area contributed by atoms with Crippen molar-refractivity contribution in [1.29, 1.82) is 5.26 Å². The zero-order chi connectivity index (χ0) is 15.4. The Kier molecular flexibility index (Phi) is 4.40. The maximum absolute atomic E-state index is 11.9. The summed E-state index contributed by atoms with van der Waals surface area (Å²) in [6.07, 6.45) is 3.66. The van der Waals surface area contributed by atoms with Crippen LogP contribution in [0.15, 0.2) is 29.8 Å². The van der Waals surface area contributed by atoms with Crippen LogP contribution in [-0.2, 0) is 9.53 Å². The van der Waals surface area contributed by atoms with E-state index in [0.717, 1.165) is 50.4 Å². The second kappa shape index (κ2) is 6.63. The second-order valence-electron chi connectivity index (χ2n) is 5.61. The minimum absolute atomic E-state index is 0.158. The lowest BCUT2D eigenvalue weighted by Gasteiger charge is -2.28. The van der Waals surface area contributed by atoms with Crippen molar-refractivity contribution < 1.29 is 9.53 Å². The van der Waals surface area contributed by atoms with E-state index in [2.05, 4.69) is 10.2 Å². The second-order valence-corrected chi connectivity index (χ2v) is 5.61. The molecule has 1 aromatic carbocycles. The number of carbonyl (C=O) groups excluding carboxylic acids is 1. The molecule has 3 rings (SSSR count). The molecule has 1 saturated heterocycles. The molecule has 114 valence electrons. The molecule has 0 aromatic heterocycles. The zero-order valence-electron chi connectivity index (χ0n) is 12.4. The Hall–Kier alpha value is -2.32. The van der Waals surface area contributed by atoms with Crippen LogP contribution in [0.3, 0.4) is 0 Å². The Morgan fingerprint density at radius 1 is 1.27 bits per heavy atom. The molecule has 2 aliphatic rings. The molecule has 5 heteroatoms. The molecule has 0 atom stereocenters. The highest BCUT2D eigenvalue weighted by Gasteiger charge is 2.24. The molecular weight excluding hydrogens is 278 g/mol. The number of ether oxygens (including phenoxy) is 1. The molecule has 2 fully saturated rings. The third kappa shape index (κ3) is 3.66. The van der Waals surface area contributed by atoms with Crippen molar-refractivity contribution in [2.45, 2.75) is 18.9 Å². The number of rotatable bonds is 4. The highest BCUT2D eigenvalue weighted by atomic mass is 16.5. The zero-order valence-corrected chi connectivity index (χ0v) is 12.4. The number of anilines is 1. The van der Waals surface area contributed by atoms with Crippen molar-refractivity contribution >= 4 is 17.7 Å². The maximum Gasteiger partial charge on any atom is 0.262 e. The molecule has 1 heterocycles. The van der Waals surface area contributed by atoms with Crippen LogP contribution >= 0.6 is 0 Å². The average Bonchev–Trinajstić information content (AvgIpc) is 3.38. The van der Waals surface area contributed by atoms with Gasteiger partial charge in [0, 0.05) is 24.8 Å². The molecule has 0 unspecified atom stereocenters. The summed E-state index contributed by atoms with van der Waals surface area (Å²) in [5.41, 5.74) is 2.16. The van der Waals surface area contributed by atoms with Gasteiger partial charge in [-0.3, -0.25) is 4.79 Å². The molecule has 1 aliphatic carbocycles. The molecule has 1 aromatic rings. The normalized spacial score (nSPS) is 18.7. The topological polar surface area (TPSA) is 65.4 Å². The van der Waals surface area contributed by atoms with Gasteiger partial charge in [-0.15, -0.1) is 0 Å². The van der Waals surface area contributed by atoms with E-state index in [9.17, 15) is 4.79 Å². The van der Waals surface area contributed by atoms with Gasteiger partial charge in [0.1, 0.15) is 11.6 Å². The summed E-state index contributed by atoms with van der Waals surface area (Å²) >= 11 is 0. The number of amides is 1. The molecular formula is C17H19N3O2. The first-order chi connectivity index (χ1) is 10.8. The number of hydrogen-bond donors (Lipinski definition) is 1. The first kappa shape index (κ1) is 14.6. The summed E-state index contributed by atoms with van der Waals surface area (Å²) in [7, 11) is 0. The van der Waals surface area contributed by atoms with E-state index in [4.69, 9.17) is 10.00 Å². The van der Waals surface area contributed by atoms with E-state index in [0.29, 0.717) is 0 Å². The fourth-order valence-electron chi connectivity index (χ4n) is 2.41. The van der Waals surface area contributed by atoms with Crippen LogP contribution in [0.2, 0.25) is 0 Å². The smallest absolute Gasteiger partial charge is 0.262 e. The Bertz CT molecular complexity index is 606. The van der Waals surface area contributed by atoms with Crippen molar-refractivity contribution in [3.63, 3.8) is 0 Å². The van der Waals surface area contributed by atoms with Crippen LogP contribution in [-0.4, -0.2) is 38.3 Å². The number of nitrogens with zero attached hydrogens (tertiary/aromatic N) is 2. The van der Waals surface area contributed by atoms with Gasteiger partial charge in [-0.2, -0.15) is 5.26 Å². The predicted octanol–water partition coefficient (Wildman–Crippen LogP) is 1.71. The summed E-state index contributed by atoms with van der Waals surface area (Å²) in [5.74, 6) is -0.276. The van der Waals surface area contributed by atoms with Crippen molar-refractivity contribution in [2.24, 2.45) is 0 Å². The largest absolute Gasteiger partial charge is 0.378 e. The van der Waals surface area contributed by atoms with Crippen LogP contribution in [0.4, 0.5) is 5.69 Å². The van der Waals surface area contributed by atoms with Gasteiger partial charge >= 0.3 is 0 Å². The van der Waals surface area contributed by atoms with Crippen LogP contribution in [0.25, 0.3) is 6.08 Å². The average molecular weight is 297 g/mol. The van der Waals surface area contributed by atoms with Crippen molar-refractivity contribution in [1.82, 2.24) is 5.32 Å². The van der Waals surface area contributed by atoms with Crippen molar-refractivity contribution in [3.8, 4) is 6.07 Å². The van der Waals surface area contributed by atoms with Crippen LogP contribution in [0.1, 0.15) is 18.4 Å². The van der Waals surface area contributed by atoms with E-state index < -0.39 is 0 Å². The summed E-state index contributed by atoms with van der Waals surface area (Å²) in [4.78, 5) is 14.2. The highest BCUT2D eigenvalue weighted by Crippen LogP contribution is 2.20. The van der Waals surface area contributed by atoms with Crippen LogP contribution in [0.5, 0.6) is 0 Å². The third-order valence-electron chi connectivity index (χ3n) is 3.86. The lowest BCUT2D eigenvalue weighted by Crippen LogP contribution is -2.36. The molecule has 1 saturated carbocycles. The molecule has 0 bridgehead atoms. The van der Waals surface area contributed by atoms with Crippen molar-refractivity contribution in [3.05, 3.63) is 35.4 Å². The summed E-state index contributed by atoms with van der Waals surface area (Å²) in [6, 6.07) is 10.2. The molecule has 0 spiro atoms. The molecule has 1 aliphatic heterocycles. The summed E-state index contributed by atoms with van der Waals surface area (Å²) in [5, 5.41) is 12.0. The fraction of sp³-hybridized carbons (Fsp3) is 0.412. The maximum atomic E-state index is 11.9. The standard InChI is InChI=1S/C17H19N3O2/c18-12-14(17(21)19-15-3-4-15)11-13-1-5-16(6-2-13)20-7-9-22-10-8-20/h1-2,5-6,11,15H,3-4,7-10H2,(H,19,21)/b14-11-. The van der Waals surface area contributed by atoms with E-state index in [1.807, 2.05) is 30.3 Å². The minimum atomic E-state index is -0.276. The minimum Gasteiger partial charge on any atom is -0.378 e. The Balaban J connectivity index is 1.69. The number of hydrogen-bond acceptors (Lipinski definition) is 4.